The van der Waals surface area contributed by atoms with E-state index >= 15 is 0 Å². The molecule has 0 rings (SSSR count). The maximum atomic E-state index is 11.3. The van der Waals surface area contributed by atoms with E-state index in [9.17, 15) is 4.79 Å². The van der Waals surface area contributed by atoms with Crippen LogP contribution in [0.25, 0.3) is 0 Å². The van der Waals surface area contributed by atoms with Gasteiger partial charge in [0, 0.05) is 13.0 Å². The second kappa shape index (κ2) is 9.04. The minimum Gasteiger partial charge on any atom is -0.356 e. The Labute approximate surface area is 88.5 Å². The summed E-state index contributed by atoms with van der Waals surface area (Å²) in [6.45, 7) is 8.80. The lowest BCUT2D eigenvalue weighted by Crippen LogP contribution is -2.26. The predicted octanol–water partition coefficient (Wildman–Crippen LogP) is 2.93. The molecule has 0 heterocycles. The first kappa shape index (κ1) is 13.5. The van der Waals surface area contributed by atoms with Crippen LogP contribution in [0.4, 0.5) is 0 Å². The summed E-state index contributed by atoms with van der Waals surface area (Å²) >= 11 is 0. The first-order valence-electron chi connectivity index (χ1n) is 5.72. The van der Waals surface area contributed by atoms with Crippen LogP contribution < -0.4 is 5.32 Å². The summed E-state index contributed by atoms with van der Waals surface area (Å²) in [4.78, 5) is 11.3. The molecule has 0 aromatic rings. The van der Waals surface area contributed by atoms with E-state index in [0.29, 0.717) is 12.3 Å². The fourth-order valence-corrected chi connectivity index (χ4v) is 1.22. The van der Waals surface area contributed by atoms with Crippen molar-refractivity contribution < 1.29 is 4.79 Å². The van der Waals surface area contributed by atoms with E-state index in [4.69, 9.17) is 0 Å². The van der Waals surface area contributed by atoms with Crippen LogP contribution >= 0.6 is 0 Å². The van der Waals surface area contributed by atoms with Crippen molar-refractivity contribution in [3.8, 4) is 0 Å². The van der Waals surface area contributed by atoms with Gasteiger partial charge in [-0.1, -0.05) is 46.5 Å². The van der Waals surface area contributed by atoms with Gasteiger partial charge in [-0.25, -0.2) is 0 Å². The molecule has 14 heavy (non-hydrogen) atoms. The Morgan fingerprint density at radius 2 is 1.86 bits per heavy atom. The van der Waals surface area contributed by atoms with Crippen LogP contribution in [-0.4, -0.2) is 12.5 Å². The Kier molecular flexibility index (Phi) is 8.70. The number of hydrogen-bond donors (Lipinski definition) is 1. The Morgan fingerprint density at radius 1 is 1.21 bits per heavy atom. The molecule has 83 valence electrons. The lowest BCUT2D eigenvalue weighted by molar-refractivity contribution is -0.121. The van der Waals surface area contributed by atoms with Crippen LogP contribution in [0.15, 0.2) is 0 Å². The van der Waals surface area contributed by atoms with Crippen molar-refractivity contribution in [1.82, 2.24) is 5.32 Å². The number of carbonyl (C=O) groups excluding carboxylic acids is 1. The number of amides is 1. The van der Waals surface area contributed by atoms with Crippen LogP contribution in [0, 0.1) is 12.8 Å². The molecule has 0 bridgehead atoms. The molecule has 0 unspecified atom stereocenters. The van der Waals surface area contributed by atoms with Crippen molar-refractivity contribution in [3.63, 3.8) is 0 Å². The van der Waals surface area contributed by atoms with Gasteiger partial charge in [0.1, 0.15) is 0 Å². The quantitative estimate of drug-likeness (QED) is 0.597. The topological polar surface area (TPSA) is 29.1 Å². The van der Waals surface area contributed by atoms with Gasteiger partial charge in [0.05, 0.1) is 0 Å². The van der Waals surface area contributed by atoms with Crippen molar-refractivity contribution in [1.29, 1.82) is 0 Å². The summed E-state index contributed by atoms with van der Waals surface area (Å²) in [7, 11) is 0. The largest absolute Gasteiger partial charge is 0.356 e. The van der Waals surface area contributed by atoms with E-state index in [-0.39, 0.29) is 5.91 Å². The van der Waals surface area contributed by atoms with E-state index in [0.717, 1.165) is 25.8 Å². The van der Waals surface area contributed by atoms with E-state index in [1.165, 1.54) is 12.8 Å². The Morgan fingerprint density at radius 3 is 2.43 bits per heavy atom. The monoisotopic (exact) mass is 198 g/mol. The molecule has 0 fully saturated rings. The molecular formula is C12H24NO. The van der Waals surface area contributed by atoms with Crippen molar-refractivity contribution in [2.24, 2.45) is 5.92 Å². The Balaban J connectivity index is 3.18. The standard InChI is InChI=1S/C12H24NO/c1-4-5-6-7-8-9-12(14)13-10-11(2)3/h11H,1,4-10H2,2-3H3,(H,13,14). The molecule has 0 atom stereocenters. The van der Waals surface area contributed by atoms with Gasteiger partial charge in [0.2, 0.25) is 5.91 Å². The molecule has 1 amide bonds. The summed E-state index contributed by atoms with van der Waals surface area (Å²) < 4.78 is 0. The fraction of sp³-hybridized carbons (Fsp3) is 0.833. The van der Waals surface area contributed by atoms with Crippen molar-refractivity contribution in [2.75, 3.05) is 6.54 Å². The zero-order valence-electron chi connectivity index (χ0n) is 9.64. The third-order valence-electron chi connectivity index (χ3n) is 2.11. The van der Waals surface area contributed by atoms with Crippen LogP contribution in [-0.2, 0) is 4.79 Å². The summed E-state index contributed by atoms with van der Waals surface area (Å²) in [6, 6.07) is 0. The summed E-state index contributed by atoms with van der Waals surface area (Å²) in [6.07, 6.45) is 6.27. The second-order valence-electron chi connectivity index (χ2n) is 4.22. The van der Waals surface area contributed by atoms with E-state index in [1.54, 1.807) is 0 Å². The molecule has 2 nitrogen and oxygen atoms in total. The van der Waals surface area contributed by atoms with Gasteiger partial charge in [0.15, 0.2) is 0 Å². The summed E-state index contributed by atoms with van der Waals surface area (Å²) in [5, 5.41) is 2.92. The molecule has 0 spiro atoms. The van der Waals surface area contributed by atoms with Crippen LogP contribution in [0.2, 0.25) is 0 Å². The molecule has 2 heteroatoms. The highest BCUT2D eigenvalue weighted by Gasteiger charge is 2.01. The highest BCUT2D eigenvalue weighted by Crippen LogP contribution is 2.04. The summed E-state index contributed by atoms with van der Waals surface area (Å²) in [5.41, 5.74) is 0. The highest BCUT2D eigenvalue weighted by molar-refractivity contribution is 5.75. The molecule has 0 saturated carbocycles. The van der Waals surface area contributed by atoms with Gasteiger partial charge >= 0.3 is 0 Å². The van der Waals surface area contributed by atoms with Crippen LogP contribution in [0.5, 0.6) is 0 Å². The second-order valence-corrected chi connectivity index (χ2v) is 4.22. The molecule has 0 saturated heterocycles. The molecular weight excluding hydrogens is 174 g/mol. The molecule has 0 aromatic carbocycles. The first-order chi connectivity index (χ1) is 6.66. The van der Waals surface area contributed by atoms with Gasteiger partial charge in [-0.15, -0.1) is 0 Å². The van der Waals surface area contributed by atoms with E-state index < -0.39 is 0 Å². The molecule has 0 aliphatic rings. The average Bonchev–Trinajstić information content (AvgIpc) is 2.14. The van der Waals surface area contributed by atoms with E-state index in [2.05, 4.69) is 26.1 Å². The lowest BCUT2D eigenvalue weighted by atomic mass is 10.1. The predicted molar refractivity (Wildman–Crippen MR) is 60.9 cm³/mol. The Bertz CT molecular complexity index is 143. The van der Waals surface area contributed by atoms with Gasteiger partial charge in [-0.2, -0.15) is 0 Å². The first-order valence-corrected chi connectivity index (χ1v) is 5.72. The van der Waals surface area contributed by atoms with Gasteiger partial charge in [-0.05, 0) is 12.3 Å². The fourth-order valence-electron chi connectivity index (χ4n) is 1.22. The van der Waals surface area contributed by atoms with Crippen LogP contribution in [0.1, 0.15) is 52.4 Å². The molecule has 0 aliphatic carbocycles. The number of unbranched alkanes of at least 4 members (excludes halogenated alkanes) is 4. The minimum atomic E-state index is 0.202. The molecule has 1 radical (unpaired) electrons. The smallest absolute Gasteiger partial charge is 0.220 e. The highest BCUT2D eigenvalue weighted by atomic mass is 16.1. The van der Waals surface area contributed by atoms with Crippen LogP contribution in [0.3, 0.4) is 0 Å². The number of rotatable bonds is 8. The molecule has 0 aliphatic heterocycles. The zero-order chi connectivity index (χ0) is 10.8. The Hall–Kier alpha value is -0.530. The van der Waals surface area contributed by atoms with Gasteiger partial charge < -0.3 is 5.32 Å². The van der Waals surface area contributed by atoms with Crippen molar-refractivity contribution >= 4 is 5.91 Å². The normalized spacial score (nSPS) is 10.6. The van der Waals surface area contributed by atoms with Gasteiger partial charge in [0.25, 0.3) is 0 Å². The lowest BCUT2D eigenvalue weighted by Gasteiger charge is -2.07. The third kappa shape index (κ3) is 9.56. The maximum absolute atomic E-state index is 11.3. The number of nitrogens with one attached hydrogen (secondary N) is 1. The number of hydrogen-bond acceptors (Lipinski definition) is 1. The van der Waals surface area contributed by atoms with Gasteiger partial charge in [-0.3, -0.25) is 4.79 Å². The minimum absolute atomic E-state index is 0.202. The third-order valence-corrected chi connectivity index (χ3v) is 2.11. The average molecular weight is 198 g/mol. The maximum Gasteiger partial charge on any atom is 0.220 e. The van der Waals surface area contributed by atoms with Crippen molar-refractivity contribution in [2.45, 2.75) is 52.4 Å². The number of carbonyl (C=O) groups is 1. The van der Waals surface area contributed by atoms with Crippen molar-refractivity contribution in [3.05, 3.63) is 6.92 Å². The molecule has 0 aromatic heterocycles. The van der Waals surface area contributed by atoms with E-state index in [1.807, 2.05) is 0 Å². The SMILES string of the molecule is [CH2]CCCCCCC(=O)NCC(C)C. The molecule has 1 N–H and O–H groups in total. The summed E-state index contributed by atoms with van der Waals surface area (Å²) in [5.74, 6) is 0.749. The zero-order valence-corrected chi connectivity index (χ0v) is 9.64.